The van der Waals surface area contributed by atoms with Crippen LogP contribution in [0.4, 0.5) is 4.39 Å². The third-order valence-corrected chi connectivity index (χ3v) is 3.63. The normalized spacial score (nSPS) is 12.9. The predicted octanol–water partition coefficient (Wildman–Crippen LogP) is 2.94. The van der Waals surface area contributed by atoms with E-state index in [2.05, 4.69) is 5.32 Å². The molecule has 1 amide bonds. The van der Waals surface area contributed by atoms with Gasteiger partial charge in [-0.1, -0.05) is 12.1 Å². The number of nitrogens with one attached hydrogen (secondary N) is 1. The van der Waals surface area contributed by atoms with Gasteiger partial charge in [-0.05, 0) is 41.5 Å². The first-order valence-corrected chi connectivity index (χ1v) is 7.83. The maximum Gasteiger partial charge on any atom is 0.244 e. The van der Waals surface area contributed by atoms with Crippen molar-refractivity contribution in [3.05, 3.63) is 59.4 Å². The van der Waals surface area contributed by atoms with Crippen molar-refractivity contribution in [3.63, 3.8) is 0 Å². The Labute approximate surface area is 145 Å². The van der Waals surface area contributed by atoms with Gasteiger partial charge in [-0.15, -0.1) is 0 Å². The first-order chi connectivity index (χ1) is 12.2. The van der Waals surface area contributed by atoms with Gasteiger partial charge < -0.3 is 19.5 Å². The first kappa shape index (κ1) is 16.8. The van der Waals surface area contributed by atoms with Gasteiger partial charge in [0.25, 0.3) is 0 Å². The highest BCUT2D eigenvalue weighted by atomic mass is 19.1. The second-order valence-electron chi connectivity index (χ2n) is 5.43. The summed E-state index contributed by atoms with van der Waals surface area (Å²) in [6.45, 7) is 1.20. The molecule has 0 unspecified atom stereocenters. The molecule has 5 nitrogen and oxygen atoms in total. The Balaban J connectivity index is 1.66. The molecule has 1 aliphatic rings. The van der Waals surface area contributed by atoms with E-state index in [0.717, 1.165) is 5.56 Å². The number of amides is 1. The van der Waals surface area contributed by atoms with Crippen molar-refractivity contribution in [2.75, 3.05) is 20.3 Å². The number of methoxy groups -OCH3 is 1. The molecular weight excluding hydrogens is 325 g/mol. The zero-order chi connectivity index (χ0) is 17.6. The minimum Gasteiger partial charge on any atom is -0.493 e. The summed E-state index contributed by atoms with van der Waals surface area (Å²) in [5, 5.41) is 2.71. The Kier molecular flexibility index (Phi) is 5.18. The number of rotatable bonds is 5. The molecule has 2 aromatic carbocycles. The quantitative estimate of drug-likeness (QED) is 0.848. The van der Waals surface area contributed by atoms with E-state index in [1.54, 1.807) is 37.5 Å². The number of benzene rings is 2. The largest absolute Gasteiger partial charge is 0.493 e. The fraction of sp³-hybridized carbons (Fsp3) is 0.211. The second kappa shape index (κ2) is 7.70. The molecule has 0 radical (unpaired) electrons. The lowest BCUT2D eigenvalue weighted by Crippen LogP contribution is -2.20. The maximum atomic E-state index is 13.1. The second-order valence-corrected chi connectivity index (χ2v) is 5.43. The lowest BCUT2D eigenvalue weighted by molar-refractivity contribution is -0.116. The van der Waals surface area contributed by atoms with E-state index in [0.29, 0.717) is 36.0 Å². The molecule has 1 aliphatic heterocycles. The number of fused-ring (bicyclic) bond motifs is 1. The van der Waals surface area contributed by atoms with Crippen molar-refractivity contribution in [1.29, 1.82) is 0 Å². The summed E-state index contributed by atoms with van der Waals surface area (Å²) in [5.41, 5.74) is 1.45. The summed E-state index contributed by atoms with van der Waals surface area (Å²) in [5.74, 6) is 1.10. The van der Waals surface area contributed by atoms with Gasteiger partial charge >= 0.3 is 0 Å². The zero-order valence-corrected chi connectivity index (χ0v) is 13.8. The summed E-state index contributed by atoms with van der Waals surface area (Å²) in [4.78, 5) is 11.9. The van der Waals surface area contributed by atoms with Crippen LogP contribution in [0.5, 0.6) is 17.2 Å². The number of carbonyl (C=O) groups is 1. The number of hydrogen-bond acceptors (Lipinski definition) is 4. The van der Waals surface area contributed by atoms with Gasteiger partial charge in [0, 0.05) is 12.6 Å². The SMILES string of the molecule is COc1cc(/C=C/C(=O)NCc2cccc(F)c2)cc2c1OCCO2. The van der Waals surface area contributed by atoms with E-state index >= 15 is 0 Å². The van der Waals surface area contributed by atoms with Gasteiger partial charge in [-0.2, -0.15) is 0 Å². The van der Waals surface area contributed by atoms with Crippen LogP contribution in [0.3, 0.4) is 0 Å². The predicted molar refractivity (Wildman–Crippen MR) is 91.3 cm³/mol. The third kappa shape index (κ3) is 4.29. The van der Waals surface area contributed by atoms with Gasteiger partial charge in [0.1, 0.15) is 19.0 Å². The fourth-order valence-corrected chi connectivity index (χ4v) is 2.46. The molecule has 6 heteroatoms. The van der Waals surface area contributed by atoms with Crippen LogP contribution in [0.2, 0.25) is 0 Å². The highest BCUT2D eigenvalue weighted by Crippen LogP contribution is 2.40. The van der Waals surface area contributed by atoms with E-state index in [1.165, 1.54) is 18.2 Å². The smallest absolute Gasteiger partial charge is 0.244 e. The van der Waals surface area contributed by atoms with Crippen LogP contribution < -0.4 is 19.5 Å². The molecule has 3 rings (SSSR count). The van der Waals surface area contributed by atoms with Crippen LogP contribution >= 0.6 is 0 Å². The molecule has 0 spiro atoms. The lowest BCUT2D eigenvalue weighted by Gasteiger charge is -2.20. The van der Waals surface area contributed by atoms with Gasteiger partial charge in [-0.25, -0.2) is 4.39 Å². The molecule has 0 aliphatic carbocycles. The molecule has 0 bridgehead atoms. The Bertz CT molecular complexity index is 787. The average Bonchev–Trinajstić information content (AvgIpc) is 2.64. The maximum absolute atomic E-state index is 13.1. The molecular formula is C19H18FNO4. The minimum atomic E-state index is -0.328. The van der Waals surface area contributed by atoms with Crippen molar-refractivity contribution in [2.45, 2.75) is 6.54 Å². The van der Waals surface area contributed by atoms with Crippen molar-refractivity contribution in [3.8, 4) is 17.2 Å². The van der Waals surface area contributed by atoms with Crippen molar-refractivity contribution in [2.24, 2.45) is 0 Å². The van der Waals surface area contributed by atoms with Crippen LogP contribution in [0.15, 0.2) is 42.5 Å². The summed E-state index contributed by atoms with van der Waals surface area (Å²) < 4.78 is 29.5. The molecule has 1 heterocycles. The number of carbonyl (C=O) groups excluding carboxylic acids is 1. The topological polar surface area (TPSA) is 56.8 Å². The van der Waals surface area contributed by atoms with Crippen LogP contribution in [-0.4, -0.2) is 26.2 Å². The van der Waals surface area contributed by atoms with Crippen LogP contribution in [0.1, 0.15) is 11.1 Å². The highest BCUT2D eigenvalue weighted by Gasteiger charge is 2.17. The van der Waals surface area contributed by atoms with Crippen LogP contribution in [0, 0.1) is 5.82 Å². The van der Waals surface area contributed by atoms with E-state index in [9.17, 15) is 9.18 Å². The number of halogens is 1. The molecule has 0 saturated heterocycles. The van der Waals surface area contributed by atoms with E-state index in [4.69, 9.17) is 14.2 Å². The van der Waals surface area contributed by atoms with Crippen LogP contribution in [0.25, 0.3) is 6.08 Å². The monoisotopic (exact) mass is 343 g/mol. The molecule has 130 valence electrons. The third-order valence-electron chi connectivity index (χ3n) is 3.63. The van der Waals surface area contributed by atoms with E-state index < -0.39 is 0 Å². The summed E-state index contributed by atoms with van der Waals surface area (Å²) in [6, 6.07) is 9.65. The molecule has 2 aromatic rings. The summed E-state index contributed by atoms with van der Waals surface area (Å²) in [6.07, 6.45) is 3.06. The Hall–Kier alpha value is -3.02. The minimum absolute atomic E-state index is 0.255. The zero-order valence-electron chi connectivity index (χ0n) is 13.8. The molecule has 25 heavy (non-hydrogen) atoms. The molecule has 1 N–H and O–H groups in total. The Morgan fingerprint density at radius 2 is 2.12 bits per heavy atom. The molecule has 0 aromatic heterocycles. The van der Waals surface area contributed by atoms with Crippen molar-refractivity contribution in [1.82, 2.24) is 5.32 Å². The highest BCUT2D eigenvalue weighted by molar-refractivity contribution is 5.91. The Morgan fingerprint density at radius 1 is 1.28 bits per heavy atom. The number of hydrogen-bond donors (Lipinski definition) is 1. The van der Waals surface area contributed by atoms with Gasteiger partial charge in [-0.3, -0.25) is 4.79 Å². The van der Waals surface area contributed by atoms with Crippen LogP contribution in [-0.2, 0) is 11.3 Å². The van der Waals surface area contributed by atoms with Crippen molar-refractivity contribution >= 4 is 12.0 Å². The summed E-state index contributed by atoms with van der Waals surface area (Å²) in [7, 11) is 1.55. The molecule has 0 atom stereocenters. The summed E-state index contributed by atoms with van der Waals surface area (Å²) >= 11 is 0. The van der Waals surface area contributed by atoms with Gasteiger partial charge in [0.2, 0.25) is 11.7 Å². The lowest BCUT2D eigenvalue weighted by atomic mass is 10.1. The van der Waals surface area contributed by atoms with Crippen molar-refractivity contribution < 1.29 is 23.4 Å². The van der Waals surface area contributed by atoms with Gasteiger partial charge in [0.05, 0.1) is 7.11 Å². The number of ether oxygens (including phenoxy) is 3. The first-order valence-electron chi connectivity index (χ1n) is 7.83. The van der Waals surface area contributed by atoms with E-state index in [1.807, 2.05) is 0 Å². The fourth-order valence-electron chi connectivity index (χ4n) is 2.46. The Morgan fingerprint density at radius 3 is 2.92 bits per heavy atom. The standard InChI is InChI=1S/C19H18FNO4/c1-23-16-10-13(11-17-19(16)25-8-7-24-17)5-6-18(22)21-12-14-3-2-4-15(20)9-14/h2-6,9-11H,7-8,12H2,1H3,(H,21,22)/b6-5+. The molecule has 0 fully saturated rings. The van der Waals surface area contributed by atoms with E-state index in [-0.39, 0.29) is 18.3 Å². The van der Waals surface area contributed by atoms with Gasteiger partial charge in [0.15, 0.2) is 11.5 Å². The average molecular weight is 343 g/mol. The molecule has 0 saturated carbocycles.